The molecule has 0 bridgehead atoms. The Morgan fingerprint density at radius 2 is 2.05 bits per heavy atom. The van der Waals surface area contributed by atoms with E-state index in [1.54, 1.807) is 0 Å². The SMILES string of the molecule is CCc1cc(CC(N)Cc2ccccc2Cl)n(C)n1. The highest BCUT2D eigenvalue weighted by Gasteiger charge is 2.11. The van der Waals surface area contributed by atoms with E-state index >= 15 is 0 Å². The summed E-state index contributed by atoms with van der Waals surface area (Å²) in [4.78, 5) is 0. The van der Waals surface area contributed by atoms with Crippen LogP contribution in [-0.2, 0) is 26.3 Å². The molecule has 0 amide bonds. The molecular weight excluding hydrogens is 258 g/mol. The summed E-state index contributed by atoms with van der Waals surface area (Å²) in [6, 6.07) is 10.1. The number of hydrogen-bond acceptors (Lipinski definition) is 2. The van der Waals surface area contributed by atoms with Crippen LogP contribution in [0.4, 0.5) is 0 Å². The largest absolute Gasteiger partial charge is 0.327 e. The van der Waals surface area contributed by atoms with Gasteiger partial charge in [0.2, 0.25) is 0 Å². The lowest BCUT2D eigenvalue weighted by Crippen LogP contribution is -2.26. The Morgan fingerprint density at radius 1 is 1.32 bits per heavy atom. The summed E-state index contributed by atoms with van der Waals surface area (Å²) < 4.78 is 1.92. The Hall–Kier alpha value is -1.32. The van der Waals surface area contributed by atoms with Crippen LogP contribution in [0.3, 0.4) is 0 Å². The van der Waals surface area contributed by atoms with E-state index in [0.29, 0.717) is 0 Å². The van der Waals surface area contributed by atoms with Crippen molar-refractivity contribution in [1.29, 1.82) is 0 Å². The number of hydrogen-bond donors (Lipinski definition) is 1. The van der Waals surface area contributed by atoms with Gasteiger partial charge in [-0.25, -0.2) is 0 Å². The first kappa shape index (κ1) is 14.1. The number of halogens is 1. The van der Waals surface area contributed by atoms with E-state index < -0.39 is 0 Å². The van der Waals surface area contributed by atoms with Gasteiger partial charge in [-0.1, -0.05) is 36.7 Å². The molecule has 0 aliphatic carbocycles. The molecule has 0 aliphatic rings. The number of aryl methyl sites for hydroxylation is 2. The molecule has 1 heterocycles. The Labute approximate surface area is 119 Å². The van der Waals surface area contributed by atoms with E-state index in [2.05, 4.69) is 18.1 Å². The van der Waals surface area contributed by atoms with Gasteiger partial charge >= 0.3 is 0 Å². The minimum Gasteiger partial charge on any atom is -0.327 e. The van der Waals surface area contributed by atoms with Gasteiger partial charge in [0.05, 0.1) is 5.69 Å². The molecule has 4 heteroatoms. The fourth-order valence-electron chi connectivity index (χ4n) is 2.22. The molecule has 0 aliphatic heterocycles. The number of rotatable bonds is 5. The number of aromatic nitrogens is 2. The minimum atomic E-state index is 0.0556. The second-order valence-electron chi connectivity index (χ2n) is 4.86. The average molecular weight is 278 g/mol. The summed E-state index contributed by atoms with van der Waals surface area (Å²) in [6.07, 6.45) is 2.55. The normalized spacial score (nSPS) is 12.6. The summed E-state index contributed by atoms with van der Waals surface area (Å²) in [5, 5.41) is 5.23. The molecule has 0 fully saturated rings. The first-order valence-corrected chi connectivity index (χ1v) is 6.98. The van der Waals surface area contributed by atoms with Crippen LogP contribution in [-0.4, -0.2) is 15.8 Å². The molecule has 102 valence electrons. The smallest absolute Gasteiger partial charge is 0.0624 e. The first-order chi connectivity index (χ1) is 9.10. The zero-order valence-electron chi connectivity index (χ0n) is 11.4. The van der Waals surface area contributed by atoms with Gasteiger partial charge < -0.3 is 5.73 Å². The Kier molecular flexibility index (Phi) is 4.61. The molecule has 2 N–H and O–H groups in total. The Balaban J connectivity index is 2.03. The van der Waals surface area contributed by atoms with E-state index in [1.807, 2.05) is 36.0 Å². The molecule has 2 aromatic rings. The summed E-state index contributed by atoms with van der Waals surface area (Å²) in [7, 11) is 1.97. The quantitative estimate of drug-likeness (QED) is 0.913. The molecule has 2 rings (SSSR count). The number of nitrogens with zero attached hydrogens (tertiary/aromatic N) is 2. The minimum absolute atomic E-state index is 0.0556. The molecule has 1 aromatic heterocycles. The van der Waals surface area contributed by atoms with Crippen molar-refractivity contribution in [1.82, 2.24) is 9.78 Å². The van der Waals surface area contributed by atoms with Crippen molar-refractivity contribution < 1.29 is 0 Å². The van der Waals surface area contributed by atoms with Gasteiger partial charge in [0.25, 0.3) is 0 Å². The summed E-state index contributed by atoms with van der Waals surface area (Å²) in [5.74, 6) is 0. The number of benzene rings is 1. The highest BCUT2D eigenvalue weighted by atomic mass is 35.5. The van der Waals surface area contributed by atoms with Gasteiger partial charge in [-0.15, -0.1) is 0 Å². The molecule has 3 nitrogen and oxygen atoms in total. The second kappa shape index (κ2) is 6.22. The first-order valence-electron chi connectivity index (χ1n) is 6.61. The highest BCUT2D eigenvalue weighted by molar-refractivity contribution is 6.31. The maximum Gasteiger partial charge on any atom is 0.0624 e. The van der Waals surface area contributed by atoms with E-state index in [9.17, 15) is 0 Å². The van der Waals surface area contributed by atoms with Crippen LogP contribution < -0.4 is 5.73 Å². The van der Waals surface area contributed by atoms with Crippen molar-refractivity contribution in [2.75, 3.05) is 0 Å². The second-order valence-corrected chi connectivity index (χ2v) is 5.27. The maximum absolute atomic E-state index is 6.23. The fraction of sp³-hybridized carbons (Fsp3) is 0.400. The van der Waals surface area contributed by atoms with Crippen LogP contribution in [0.15, 0.2) is 30.3 Å². The number of nitrogens with two attached hydrogens (primary N) is 1. The standard InChI is InChI=1S/C15H20ClN3/c1-3-13-10-14(19(2)18-13)9-12(17)8-11-6-4-5-7-15(11)16/h4-7,10,12H,3,8-9,17H2,1-2H3. The third-order valence-electron chi connectivity index (χ3n) is 3.30. The van der Waals surface area contributed by atoms with Gasteiger partial charge in [-0.2, -0.15) is 5.10 Å². The van der Waals surface area contributed by atoms with Crippen molar-refractivity contribution in [3.8, 4) is 0 Å². The lowest BCUT2D eigenvalue weighted by molar-refractivity contribution is 0.612. The van der Waals surface area contributed by atoms with Crippen molar-refractivity contribution >= 4 is 11.6 Å². The van der Waals surface area contributed by atoms with Gasteiger partial charge in [-0.3, -0.25) is 4.68 Å². The predicted octanol–water partition coefficient (Wildman–Crippen LogP) is 2.75. The van der Waals surface area contributed by atoms with Crippen LogP contribution in [0.2, 0.25) is 5.02 Å². The predicted molar refractivity (Wildman–Crippen MR) is 79.4 cm³/mol. The van der Waals surface area contributed by atoms with Gasteiger partial charge in [-0.05, 0) is 30.5 Å². The monoisotopic (exact) mass is 277 g/mol. The van der Waals surface area contributed by atoms with Crippen molar-refractivity contribution in [2.24, 2.45) is 12.8 Å². The summed E-state index contributed by atoms with van der Waals surface area (Å²) in [6.45, 7) is 2.11. The average Bonchev–Trinajstić information content (AvgIpc) is 2.73. The topological polar surface area (TPSA) is 43.8 Å². The Bertz CT molecular complexity index is 548. The van der Waals surface area contributed by atoms with Crippen LogP contribution in [0.25, 0.3) is 0 Å². The van der Waals surface area contributed by atoms with Gasteiger partial charge in [0.15, 0.2) is 0 Å². The molecule has 19 heavy (non-hydrogen) atoms. The van der Waals surface area contributed by atoms with E-state index in [4.69, 9.17) is 17.3 Å². The molecule has 0 radical (unpaired) electrons. The Morgan fingerprint density at radius 3 is 2.68 bits per heavy atom. The molecular formula is C15H20ClN3. The maximum atomic E-state index is 6.23. The lowest BCUT2D eigenvalue weighted by atomic mass is 10.0. The van der Waals surface area contributed by atoms with Gasteiger partial charge in [0.1, 0.15) is 0 Å². The molecule has 1 atom stereocenters. The fourth-order valence-corrected chi connectivity index (χ4v) is 2.44. The van der Waals surface area contributed by atoms with Crippen molar-refractivity contribution in [3.63, 3.8) is 0 Å². The third-order valence-corrected chi connectivity index (χ3v) is 3.67. The molecule has 0 spiro atoms. The van der Waals surface area contributed by atoms with E-state index in [1.165, 1.54) is 5.69 Å². The zero-order chi connectivity index (χ0) is 13.8. The molecule has 0 saturated heterocycles. The summed E-state index contributed by atoms with van der Waals surface area (Å²) in [5.41, 5.74) is 9.62. The van der Waals surface area contributed by atoms with Crippen LogP contribution in [0, 0.1) is 0 Å². The van der Waals surface area contributed by atoms with Crippen molar-refractivity contribution in [2.45, 2.75) is 32.2 Å². The van der Waals surface area contributed by atoms with Crippen molar-refractivity contribution in [3.05, 3.63) is 52.3 Å². The van der Waals surface area contributed by atoms with E-state index in [0.717, 1.165) is 35.5 Å². The van der Waals surface area contributed by atoms with Crippen LogP contribution >= 0.6 is 11.6 Å². The molecule has 0 saturated carbocycles. The molecule has 1 aromatic carbocycles. The van der Waals surface area contributed by atoms with Gasteiger partial charge in [0, 0.05) is 30.2 Å². The zero-order valence-corrected chi connectivity index (χ0v) is 12.2. The summed E-state index contributed by atoms with van der Waals surface area (Å²) >= 11 is 6.16. The highest BCUT2D eigenvalue weighted by Crippen LogP contribution is 2.17. The lowest BCUT2D eigenvalue weighted by Gasteiger charge is -2.12. The molecule has 1 unspecified atom stereocenters. The van der Waals surface area contributed by atoms with Crippen LogP contribution in [0.5, 0.6) is 0 Å². The third kappa shape index (κ3) is 3.58. The van der Waals surface area contributed by atoms with Crippen LogP contribution in [0.1, 0.15) is 23.9 Å². The van der Waals surface area contributed by atoms with E-state index in [-0.39, 0.29) is 6.04 Å².